The average Bonchev–Trinajstić information content (AvgIpc) is 3.44. The van der Waals surface area contributed by atoms with Crippen LogP contribution in [0.3, 0.4) is 0 Å². The molecule has 470 valence electrons. The Balaban J connectivity index is 5.13. The fourth-order valence-corrected chi connectivity index (χ4v) is 10.4. The molecule has 81 heavy (non-hydrogen) atoms. The van der Waals surface area contributed by atoms with Gasteiger partial charge in [0.25, 0.3) is 0 Å². The van der Waals surface area contributed by atoms with Crippen LogP contribution in [0, 0.1) is 0 Å². The largest absolute Gasteiger partial charge is 0.472 e. The fourth-order valence-electron chi connectivity index (χ4n) is 9.67. The summed E-state index contributed by atoms with van der Waals surface area (Å²) in [7, 11) is 1.46. The zero-order chi connectivity index (χ0) is 59.3. The second-order valence-corrected chi connectivity index (χ2v) is 25.4. The molecule has 10 heteroatoms. The van der Waals surface area contributed by atoms with Crippen molar-refractivity contribution in [1.82, 2.24) is 5.32 Å². The quantitative estimate of drug-likeness (QED) is 0.0205. The van der Waals surface area contributed by atoms with Gasteiger partial charge in [-0.15, -0.1) is 0 Å². The highest BCUT2D eigenvalue weighted by molar-refractivity contribution is 7.47. The maximum absolute atomic E-state index is 13.6. The first-order valence-corrected chi connectivity index (χ1v) is 35.4. The van der Waals surface area contributed by atoms with E-state index in [1.807, 2.05) is 39.4 Å². The van der Waals surface area contributed by atoms with Crippen molar-refractivity contribution in [1.29, 1.82) is 0 Å². The van der Waals surface area contributed by atoms with E-state index in [-0.39, 0.29) is 25.5 Å². The number of likely N-dealkylation sites (N-methyl/N-ethyl adjacent to an activating group) is 1. The molecule has 9 nitrogen and oxygen atoms in total. The van der Waals surface area contributed by atoms with Crippen LogP contribution in [0.1, 0.15) is 303 Å². The highest BCUT2D eigenvalue weighted by Crippen LogP contribution is 2.43. The summed E-state index contributed by atoms with van der Waals surface area (Å²) in [5, 5.41) is 3.04. The van der Waals surface area contributed by atoms with Crippen molar-refractivity contribution in [2.24, 2.45) is 0 Å². The number of amides is 1. The molecule has 0 saturated heterocycles. The zero-order valence-corrected chi connectivity index (χ0v) is 54.7. The monoisotopic (exact) mass is 1150 g/mol. The van der Waals surface area contributed by atoms with E-state index in [0.29, 0.717) is 23.9 Å². The summed E-state index contributed by atoms with van der Waals surface area (Å²) in [5.41, 5.74) is 0. The Hall–Kier alpha value is -2.81. The number of phosphoric ester groups is 1. The van der Waals surface area contributed by atoms with Crippen LogP contribution in [-0.2, 0) is 27.9 Å². The number of esters is 1. The van der Waals surface area contributed by atoms with Gasteiger partial charge in [-0.25, -0.2) is 4.57 Å². The van der Waals surface area contributed by atoms with Crippen molar-refractivity contribution in [3.63, 3.8) is 0 Å². The van der Waals surface area contributed by atoms with Gasteiger partial charge in [0.05, 0.1) is 33.8 Å². The number of carbonyl (C=O) groups excluding carboxylic acids is 2. The van der Waals surface area contributed by atoms with Gasteiger partial charge in [-0.3, -0.25) is 18.6 Å². The number of phosphoric acid groups is 1. The van der Waals surface area contributed by atoms with Crippen LogP contribution >= 0.6 is 7.82 Å². The summed E-state index contributed by atoms with van der Waals surface area (Å²) in [5.74, 6) is -0.596. The van der Waals surface area contributed by atoms with Gasteiger partial charge in [-0.1, -0.05) is 305 Å². The molecule has 0 aromatic heterocycles. The Bertz CT molecular complexity index is 1660. The lowest BCUT2D eigenvalue weighted by Gasteiger charge is -2.27. The molecular weight excluding hydrogens is 1020 g/mol. The second kappa shape index (κ2) is 60.3. The zero-order valence-electron chi connectivity index (χ0n) is 53.8. The molecule has 0 aliphatic heterocycles. The number of hydrogen-bond donors (Lipinski definition) is 2. The average molecular weight is 1150 g/mol. The van der Waals surface area contributed by atoms with E-state index in [4.69, 9.17) is 13.8 Å². The van der Waals surface area contributed by atoms with E-state index in [9.17, 15) is 19.0 Å². The predicted octanol–water partition coefficient (Wildman–Crippen LogP) is 21.3. The van der Waals surface area contributed by atoms with E-state index in [1.165, 1.54) is 186 Å². The third-order valence-electron chi connectivity index (χ3n) is 14.9. The molecule has 2 N–H and O–H groups in total. The molecular formula is C71H130N2O7P+. The maximum atomic E-state index is 13.6. The molecule has 0 aromatic carbocycles. The van der Waals surface area contributed by atoms with Gasteiger partial charge < -0.3 is 19.4 Å². The molecule has 0 spiro atoms. The van der Waals surface area contributed by atoms with E-state index in [2.05, 4.69) is 92.9 Å². The van der Waals surface area contributed by atoms with Crippen LogP contribution < -0.4 is 5.32 Å². The standard InChI is InChI=1S/C71H129N2O7P/c1-7-10-13-16-19-22-25-27-29-31-33-34-35-36-37-38-40-41-43-45-48-51-54-57-60-63-70(74)72-68(67-79-81(76,77)78-66-65-73(4,5)6)69(62-59-56-53-50-47-24-21-18-15-12-9-3)80-71(75)64-61-58-55-52-49-46-44-42-39-32-30-28-26-23-20-17-14-11-8-2/h11,14,20,23,28,30,39,42,46,49,55,58-59,62,68-69H,7-10,12-13,15-19,21-22,24-27,29,31-38,40-41,43-45,47-48,50-54,56-57,60-61,63-67H2,1-6H3,(H-,72,74,76,77)/p+1/b14-11-,23-20-,30-28-,42-39-,49-46-,58-55-,62-59+. The fraction of sp³-hybridized carbons (Fsp3) is 0.775. The van der Waals surface area contributed by atoms with Crippen molar-refractivity contribution >= 4 is 19.7 Å². The number of allylic oxidation sites excluding steroid dienone is 13. The summed E-state index contributed by atoms with van der Waals surface area (Å²) in [6.07, 6.45) is 80.5. The minimum atomic E-state index is -4.47. The van der Waals surface area contributed by atoms with E-state index < -0.39 is 25.9 Å². The van der Waals surface area contributed by atoms with Gasteiger partial charge in [0.1, 0.15) is 19.3 Å². The lowest BCUT2D eigenvalue weighted by Crippen LogP contribution is -2.47. The van der Waals surface area contributed by atoms with Crippen LogP contribution in [0.5, 0.6) is 0 Å². The Morgan fingerprint density at radius 2 is 0.802 bits per heavy atom. The number of nitrogens with one attached hydrogen (secondary N) is 1. The van der Waals surface area contributed by atoms with E-state index in [1.54, 1.807) is 0 Å². The summed E-state index contributed by atoms with van der Waals surface area (Å²) >= 11 is 0. The molecule has 0 bridgehead atoms. The summed E-state index contributed by atoms with van der Waals surface area (Å²) in [4.78, 5) is 37.7. The Morgan fingerprint density at radius 1 is 0.444 bits per heavy atom. The molecule has 0 aliphatic rings. The second-order valence-electron chi connectivity index (χ2n) is 24.0. The Kier molecular flexibility index (Phi) is 58.2. The lowest BCUT2D eigenvalue weighted by atomic mass is 10.0. The van der Waals surface area contributed by atoms with Crippen molar-refractivity contribution in [3.8, 4) is 0 Å². The number of quaternary nitrogens is 1. The van der Waals surface area contributed by atoms with Crippen molar-refractivity contribution in [2.45, 2.75) is 315 Å². The molecule has 0 rings (SSSR count). The smallest absolute Gasteiger partial charge is 0.456 e. The van der Waals surface area contributed by atoms with Gasteiger partial charge in [0.15, 0.2) is 0 Å². The van der Waals surface area contributed by atoms with Crippen LogP contribution in [0.15, 0.2) is 85.1 Å². The number of carbonyl (C=O) groups is 2. The van der Waals surface area contributed by atoms with Crippen LogP contribution in [-0.4, -0.2) is 74.3 Å². The number of nitrogens with zero attached hydrogens (tertiary/aromatic N) is 1. The number of rotatable bonds is 61. The van der Waals surface area contributed by atoms with Crippen molar-refractivity contribution in [2.75, 3.05) is 40.9 Å². The number of hydrogen-bond acceptors (Lipinski definition) is 6. The summed E-state index contributed by atoms with van der Waals surface area (Å²) in [6.45, 7) is 6.87. The maximum Gasteiger partial charge on any atom is 0.472 e. The molecule has 3 unspecified atom stereocenters. The molecule has 0 aromatic rings. The molecule has 0 radical (unpaired) electrons. The minimum absolute atomic E-state index is 0.0273. The molecule has 0 fully saturated rings. The van der Waals surface area contributed by atoms with Crippen LogP contribution in [0.4, 0.5) is 0 Å². The van der Waals surface area contributed by atoms with Crippen LogP contribution in [0.2, 0.25) is 0 Å². The van der Waals surface area contributed by atoms with Crippen molar-refractivity contribution in [3.05, 3.63) is 85.1 Å². The minimum Gasteiger partial charge on any atom is -0.456 e. The first-order chi connectivity index (χ1) is 39.4. The molecule has 0 heterocycles. The summed E-state index contributed by atoms with van der Waals surface area (Å²) in [6, 6.07) is -0.881. The Labute approximate surface area is 501 Å². The van der Waals surface area contributed by atoms with E-state index in [0.717, 1.165) is 77.0 Å². The lowest BCUT2D eigenvalue weighted by molar-refractivity contribution is -0.870. The SMILES string of the molecule is CC/C=C\C/C=C\C/C=C\C/C=C\C/C=C\C/C=C\CCC(=O)OC(/C=C/CCCCCCCCCCC)C(COP(=O)(O)OCC[N+](C)(C)C)NC(=O)CCCCCCCCCCCCCCCCCCCCCCCCCCC. The van der Waals surface area contributed by atoms with Gasteiger partial charge in [-0.2, -0.15) is 0 Å². The van der Waals surface area contributed by atoms with Crippen molar-refractivity contribution < 1.29 is 37.3 Å². The molecule has 3 atom stereocenters. The van der Waals surface area contributed by atoms with Gasteiger partial charge in [-0.05, 0) is 70.3 Å². The Morgan fingerprint density at radius 3 is 1.19 bits per heavy atom. The highest BCUT2D eigenvalue weighted by atomic mass is 31.2. The summed E-state index contributed by atoms with van der Waals surface area (Å²) < 4.78 is 30.7. The molecule has 0 aliphatic carbocycles. The van der Waals surface area contributed by atoms with Gasteiger partial charge in [0.2, 0.25) is 5.91 Å². The van der Waals surface area contributed by atoms with Gasteiger partial charge in [0, 0.05) is 12.8 Å². The highest BCUT2D eigenvalue weighted by Gasteiger charge is 2.30. The molecule has 1 amide bonds. The third-order valence-corrected chi connectivity index (χ3v) is 15.8. The molecule has 0 saturated carbocycles. The number of ether oxygens (including phenoxy) is 1. The van der Waals surface area contributed by atoms with Gasteiger partial charge >= 0.3 is 13.8 Å². The van der Waals surface area contributed by atoms with E-state index >= 15 is 0 Å². The normalized spacial score (nSPS) is 14.1. The first-order valence-electron chi connectivity index (χ1n) is 33.9. The third kappa shape index (κ3) is 61.6. The topological polar surface area (TPSA) is 111 Å². The first kappa shape index (κ1) is 78.2. The number of unbranched alkanes of at least 4 members (excludes halogenated alkanes) is 33. The van der Waals surface area contributed by atoms with Crippen LogP contribution in [0.25, 0.3) is 0 Å². The predicted molar refractivity (Wildman–Crippen MR) is 351 cm³/mol.